The molecule has 0 aliphatic heterocycles. The summed E-state index contributed by atoms with van der Waals surface area (Å²) < 4.78 is 1.62. The molecular weight excluding hydrogens is 324 g/mol. The fraction of sp³-hybridized carbons (Fsp3) is 0.182. The van der Waals surface area contributed by atoms with Gasteiger partial charge in [-0.05, 0) is 30.0 Å². The van der Waals surface area contributed by atoms with Crippen molar-refractivity contribution in [1.29, 1.82) is 5.26 Å². The molecule has 1 heterocycles. The molecule has 2 aromatic carbocycles. The minimum absolute atomic E-state index is 0.154. The second-order valence-electron chi connectivity index (χ2n) is 6.32. The summed E-state index contributed by atoms with van der Waals surface area (Å²) in [5.74, 6) is -1.03. The number of aromatic nitrogens is 1. The van der Waals surface area contributed by atoms with E-state index in [0.29, 0.717) is 17.5 Å². The molecule has 0 aliphatic rings. The molecule has 0 atom stereocenters. The van der Waals surface area contributed by atoms with E-state index < -0.39 is 5.97 Å². The average Bonchev–Trinajstić information content (AvgIpc) is 2.93. The Bertz CT molecular complexity index is 1020. The summed E-state index contributed by atoms with van der Waals surface area (Å²) in [5.41, 5.74) is 5.92. The number of carbonyl (C=O) groups is 1. The van der Waals surface area contributed by atoms with Gasteiger partial charge in [-0.3, -0.25) is 0 Å². The first-order chi connectivity index (χ1) is 12.5. The third-order valence-electron chi connectivity index (χ3n) is 4.69. The topological polar surface area (TPSA) is 66.0 Å². The van der Waals surface area contributed by atoms with Gasteiger partial charge in [-0.25, -0.2) is 4.79 Å². The molecule has 0 fully saturated rings. The number of nitrogens with zero attached hydrogens (tertiary/aromatic N) is 2. The molecule has 0 saturated heterocycles. The van der Waals surface area contributed by atoms with Crippen LogP contribution in [-0.4, -0.2) is 15.6 Å². The first-order valence-electron chi connectivity index (χ1n) is 8.50. The zero-order valence-electron chi connectivity index (χ0n) is 15.1. The van der Waals surface area contributed by atoms with Crippen LogP contribution in [0.25, 0.3) is 22.3 Å². The maximum Gasteiger partial charge on any atom is 0.353 e. The molecule has 0 amide bonds. The Morgan fingerprint density at radius 3 is 2.31 bits per heavy atom. The van der Waals surface area contributed by atoms with E-state index in [1.807, 2.05) is 56.3 Å². The predicted molar refractivity (Wildman–Crippen MR) is 102 cm³/mol. The lowest BCUT2D eigenvalue weighted by Crippen LogP contribution is -2.07. The lowest BCUT2D eigenvalue weighted by molar-refractivity contribution is 0.0687. The monoisotopic (exact) mass is 344 g/mol. The van der Waals surface area contributed by atoms with Gasteiger partial charge >= 0.3 is 5.97 Å². The van der Waals surface area contributed by atoms with E-state index in [-0.39, 0.29) is 5.69 Å². The van der Waals surface area contributed by atoms with Crippen LogP contribution in [0.5, 0.6) is 0 Å². The number of carboxylic acids is 1. The number of benzene rings is 2. The molecule has 0 aliphatic carbocycles. The molecule has 1 N–H and O–H groups in total. The van der Waals surface area contributed by atoms with Crippen LogP contribution in [0.4, 0.5) is 0 Å². The largest absolute Gasteiger partial charge is 0.477 e. The highest BCUT2D eigenvalue weighted by atomic mass is 16.4. The second kappa shape index (κ2) is 6.89. The smallest absolute Gasteiger partial charge is 0.353 e. The Hall–Kier alpha value is -3.32. The van der Waals surface area contributed by atoms with E-state index in [0.717, 1.165) is 22.4 Å². The fourth-order valence-corrected chi connectivity index (χ4v) is 3.45. The van der Waals surface area contributed by atoms with Gasteiger partial charge in [0.15, 0.2) is 0 Å². The number of aryl methyl sites for hydroxylation is 1. The van der Waals surface area contributed by atoms with Crippen LogP contribution in [0.2, 0.25) is 0 Å². The van der Waals surface area contributed by atoms with E-state index in [2.05, 4.69) is 12.1 Å². The summed E-state index contributed by atoms with van der Waals surface area (Å²) in [6.07, 6.45) is 0.598. The highest BCUT2D eigenvalue weighted by Gasteiger charge is 2.25. The van der Waals surface area contributed by atoms with Crippen molar-refractivity contribution in [3.05, 3.63) is 71.0 Å². The summed E-state index contributed by atoms with van der Waals surface area (Å²) in [4.78, 5) is 11.8. The van der Waals surface area contributed by atoms with Crippen LogP contribution in [-0.2, 0) is 13.5 Å². The van der Waals surface area contributed by atoms with Crippen molar-refractivity contribution in [3.8, 4) is 28.3 Å². The van der Waals surface area contributed by atoms with Crippen LogP contribution < -0.4 is 0 Å². The van der Waals surface area contributed by atoms with Crippen molar-refractivity contribution in [2.24, 2.45) is 7.05 Å². The van der Waals surface area contributed by atoms with E-state index in [4.69, 9.17) is 0 Å². The van der Waals surface area contributed by atoms with Crippen molar-refractivity contribution >= 4 is 5.97 Å². The fourth-order valence-electron chi connectivity index (χ4n) is 3.45. The van der Waals surface area contributed by atoms with Crippen molar-refractivity contribution in [1.82, 2.24) is 4.57 Å². The molecule has 0 radical (unpaired) electrons. The molecule has 0 unspecified atom stereocenters. The van der Waals surface area contributed by atoms with Crippen LogP contribution in [0.3, 0.4) is 0 Å². The summed E-state index contributed by atoms with van der Waals surface area (Å²) >= 11 is 0. The number of carboxylic acid groups (broad SMARTS) is 1. The number of rotatable bonds is 4. The lowest BCUT2D eigenvalue weighted by Gasteiger charge is -2.07. The van der Waals surface area contributed by atoms with Gasteiger partial charge in [0.1, 0.15) is 11.8 Å². The SMILES string of the molecule is CCc1c(C#N)c(-c2ccc(-c3cccc(C)c3)cc2)c(C(=O)O)n1C. The molecule has 0 spiro atoms. The summed E-state index contributed by atoms with van der Waals surface area (Å²) in [6, 6.07) is 18.1. The van der Waals surface area contributed by atoms with Crippen LogP contribution in [0.15, 0.2) is 48.5 Å². The molecule has 0 bridgehead atoms. The van der Waals surface area contributed by atoms with E-state index in [1.165, 1.54) is 5.56 Å². The molecule has 4 nitrogen and oxygen atoms in total. The summed E-state index contributed by atoms with van der Waals surface area (Å²) in [7, 11) is 1.70. The summed E-state index contributed by atoms with van der Waals surface area (Å²) in [5, 5.41) is 19.3. The molecule has 3 aromatic rings. The highest BCUT2D eigenvalue weighted by Crippen LogP contribution is 2.34. The van der Waals surface area contributed by atoms with Crippen molar-refractivity contribution in [3.63, 3.8) is 0 Å². The second-order valence-corrected chi connectivity index (χ2v) is 6.32. The van der Waals surface area contributed by atoms with Gasteiger partial charge in [0.25, 0.3) is 0 Å². The molecule has 0 saturated carbocycles. The Morgan fingerprint density at radius 2 is 1.77 bits per heavy atom. The third kappa shape index (κ3) is 2.89. The number of aromatic carboxylic acids is 1. The number of nitriles is 1. The standard InChI is InChI=1S/C22H20N2O2/c1-4-19-18(13-23)20(21(22(25)26)24(19)3)16-10-8-15(9-11-16)17-7-5-6-14(2)12-17/h5-12H,4H2,1-3H3,(H,25,26). The van der Waals surface area contributed by atoms with Crippen LogP contribution in [0.1, 0.15) is 34.2 Å². The van der Waals surface area contributed by atoms with Crippen molar-refractivity contribution in [2.75, 3.05) is 0 Å². The Morgan fingerprint density at radius 1 is 1.12 bits per heavy atom. The molecule has 3 rings (SSSR count). The molecular formula is C22H20N2O2. The van der Waals surface area contributed by atoms with Gasteiger partial charge < -0.3 is 9.67 Å². The normalized spacial score (nSPS) is 10.5. The molecule has 1 aromatic heterocycles. The van der Waals surface area contributed by atoms with Gasteiger partial charge in [0, 0.05) is 18.3 Å². The zero-order chi connectivity index (χ0) is 18.8. The maximum absolute atomic E-state index is 11.8. The maximum atomic E-state index is 11.8. The Balaban J connectivity index is 2.16. The van der Waals surface area contributed by atoms with Crippen LogP contribution in [0, 0.1) is 18.3 Å². The van der Waals surface area contributed by atoms with Crippen molar-refractivity contribution in [2.45, 2.75) is 20.3 Å². The molecule has 4 heteroatoms. The van der Waals surface area contributed by atoms with E-state index in [1.54, 1.807) is 11.6 Å². The Labute approximate surface area is 153 Å². The molecule has 26 heavy (non-hydrogen) atoms. The Kier molecular flexibility index (Phi) is 4.64. The predicted octanol–water partition coefficient (Wildman–Crippen LogP) is 4.80. The zero-order valence-corrected chi connectivity index (χ0v) is 15.1. The summed E-state index contributed by atoms with van der Waals surface area (Å²) in [6.45, 7) is 3.97. The van der Waals surface area contributed by atoms with E-state index in [9.17, 15) is 15.2 Å². The number of hydrogen-bond donors (Lipinski definition) is 1. The van der Waals surface area contributed by atoms with Gasteiger partial charge in [0.05, 0.1) is 5.56 Å². The first kappa shape index (κ1) is 17.5. The van der Waals surface area contributed by atoms with E-state index >= 15 is 0 Å². The minimum atomic E-state index is -1.03. The van der Waals surface area contributed by atoms with Crippen LogP contribution >= 0.6 is 0 Å². The lowest BCUT2D eigenvalue weighted by atomic mass is 9.96. The van der Waals surface area contributed by atoms with Gasteiger partial charge in [0.2, 0.25) is 0 Å². The highest BCUT2D eigenvalue weighted by molar-refractivity contribution is 5.97. The minimum Gasteiger partial charge on any atom is -0.477 e. The molecule has 130 valence electrons. The number of hydrogen-bond acceptors (Lipinski definition) is 2. The third-order valence-corrected chi connectivity index (χ3v) is 4.69. The van der Waals surface area contributed by atoms with Gasteiger partial charge in [-0.1, -0.05) is 61.0 Å². The van der Waals surface area contributed by atoms with Crippen molar-refractivity contribution < 1.29 is 9.90 Å². The first-order valence-corrected chi connectivity index (χ1v) is 8.50. The van der Waals surface area contributed by atoms with Gasteiger partial charge in [-0.15, -0.1) is 0 Å². The average molecular weight is 344 g/mol. The van der Waals surface area contributed by atoms with Gasteiger partial charge in [-0.2, -0.15) is 5.26 Å². The quantitative estimate of drug-likeness (QED) is 0.739.